The van der Waals surface area contributed by atoms with Crippen LogP contribution in [-0.2, 0) is 14.4 Å². The van der Waals surface area contributed by atoms with Crippen LogP contribution in [0.2, 0.25) is 5.02 Å². The lowest BCUT2D eigenvalue weighted by molar-refractivity contribution is -0.145. The van der Waals surface area contributed by atoms with Gasteiger partial charge in [-0.15, -0.1) is 24.9 Å². The van der Waals surface area contributed by atoms with Gasteiger partial charge < -0.3 is 19.8 Å². The first-order valence-electron chi connectivity index (χ1n) is 13.4. The fourth-order valence-corrected chi connectivity index (χ4v) is 10.4. The molecule has 2 bridgehead atoms. The van der Waals surface area contributed by atoms with Crippen molar-refractivity contribution in [3.05, 3.63) is 54.6 Å². The van der Waals surface area contributed by atoms with Crippen LogP contribution in [0.25, 0.3) is 0 Å². The Bertz CT molecular complexity index is 1150. The van der Waals surface area contributed by atoms with E-state index in [-0.39, 0.29) is 46.9 Å². The van der Waals surface area contributed by atoms with E-state index in [2.05, 4.69) is 29.1 Å². The molecule has 0 radical (unpaired) electrons. The molecule has 1 N–H and O–H groups in total. The van der Waals surface area contributed by atoms with Gasteiger partial charge in [0, 0.05) is 30.2 Å². The van der Waals surface area contributed by atoms with Gasteiger partial charge in [0.05, 0.1) is 39.9 Å². The number of rotatable bonds is 11. The molecule has 0 saturated carbocycles. The van der Waals surface area contributed by atoms with Crippen molar-refractivity contribution in [2.24, 2.45) is 17.8 Å². The maximum Gasteiger partial charge on any atom is 0.251 e. The molecule has 4 rings (SSSR count). The minimum Gasteiger partial charge on any atom is -0.394 e. The molecular weight excluding hydrogens is 602 g/mol. The molecule has 39 heavy (non-hydrogen) atoms. The largest absolute Gasteiger partial charge is 0.394 e. The number of likely N-dealkylation sites (N-methyl/N-ethyl adjacent to an activating group) is 1. The highest BCUT2D eigenvalue weighted by molar-refractivity contribution is 9.09. The van der Waals surface area contributed by atoms with Gasteiger partial charge in [-0.1, -0.05) is 72.1 Å². The van der Waals surface area contributed by atoms with E-state index in [1.165, 1.54) is 0 Å². The number of benzene rings is 1. The van der Waals surface area contributed by atoms with Gasteiger partial charge in [0.1, 0.15) is 6.04 Å². The maximum atomic E-state index is 14.7. The Morgan fingerprint density at radius 2 is 1.95 bits per heavy atom. The van der Waals surface area contributed by atoms with Crippen LogP contribution in [0.4, 0.5) is 5.69 Å². The van der Waals surface area contributed by atoms with E-state index < -0.39 is 28.7 Å². The Kier molecular flexibility index (Phi) is 9.25. The minimum absolute atomic E-state index is 0.0442. The molecule has 3 amide bonds. The Balaban J connectivity index is 1.88. The van der Waals surface area contributed by atoms with E-state index >= 15 is 0 Å². The van der Waals surface area contributed by atoms with Crippen molar-refractivity contribution in [2.75, 3.05) is 31.6 Å². The van der Waals surface area contributed by atoms with Crippen molar-refractivity contribution in [3.8, 4) is 0 Å². The lowest BCUT2D eigenvalue weighted by Crippen LogP contribution is -2.59. The molecule has 3 heterocycles. The van der Waals surface area contributed by atoms with Crippen LogP contribution in [0.5, 0.6) is 0 Å². The number of likely N-dealkylation sites (tertiary alicyclic amines) is 1. The van der Waals surface area contributed by atoms with Gasteiger partial charge in [0.2, 0.25) is 11.8 Å². The predicted octanol–water partition coefficient (Wildman–Crippen LogP) is 4.38. The van der Waals surface area contributed by atoms with E-state index in [1.54, 1.807) is 63.9 Å². The number of nitrogens with zero attached hydrogens (tertiary/aromatic N) is 3. The van der Waals surface area contributed by atoms with Crippen LogP contribution in [-0.4, -0.2) is 86.3 Å². The number of aliphatic hydroxyl groups excluding tert-OH is 1. The number of halogens is 2. The number of fused-ring (bicyclic) bond motifs is 1. The van der Waals surface area contributed by atoms with E-state index in [4.69, 9.17) is 11.6 Å². The highest BCUT2D eigenvalue weighted by atomic mass is 79.9. The van der Waals surface area contributed by atoms with E-state index in [0.29, 0.717) is 23.7 Å². The average Bonchev–Trinajstić information content (AvgIpc) is 3.51. The minimum atomic E-state index is -0.880. The third-order valence-electron chi connectivity index (χ3n) is 8.59. The number of carbonyl (C=O) groups is 3. The first-order valence-corrected chi connectivity index (χ1v) is 15.5. The first kappa shape index (κ1) is 30.2. The van der Waals surface area contributed by atoms with E-state index in [1.807, 2.05) is 19.9 Å². The van der Waals surface area contributed by atoms with E-state index in [0.717, 1.165) is 6.42 Å². The molecule has 0 aromatic heterocycles. The highest BCUT2D eigenvalue weighted by Gasteiger charge is 2.76. The number of alkyl halides is 1. The summed E-state index contributed by atoms with van der Waals surface area (Å²) in [5, 5.41) is 10.8. The summed E-state index contributed by atoms with van der Waals surface area (Å²) >= 11 is 11.9. The second kappa shape index (κ2) is 12.0. The molecule has 212 valence electrons. The molecule has 1 aromatic rings. The fourth-order valence-electron chi connectivity index (χ4n) is 6.59. The first-order chi connectivity index (χ1) is 18.6. The van der Waals surface area contributed by atoms with Crippen molar-refractivity contribution in [1.29, 1.82) is 0 Å². The van der Waals surface area contributed by atoms with Crippen molar-refractivity contribution < 1.29 is 19.5 Å². The van der Waals surface area contributed by atoms with Crippen LogP contribution in [0.1, 0.15) is 26.7 Å². The van der Waals surface area contributed by atoms with Crippen LogP contribution in [0.3, 0.4) is 0 Å². The number of hydrogen-bond acceptors (Lipinski definition) is 5. The van der Waals surface area contributed by atoms with Gasteiger partial charge in [0.25, 0.3) is 5.91 Å². The van der Waals surface area contributed by atoms with Gasteiger partial charge >= 0.3 is 0 Å². The molecule has 8 atom stereocenters. The van der Waals surface area contributed by atoms with Crippen LogP contribution in [0.15, 0.2) is 49.6 Å². The zero-order chi connectivity index (χ0) is 28.6. The zero-order valence-electron chi connectivity index (χ0n) is 22.6. The smallest absolute Gasteiger partial charge is 0.251 e. The number of carbonyl (C=O) groups excluding carboxylic acids is 3. The highest BCUT2D eigenvalue weighted by Crippen LogP contribution is 2.68. The summed E-state index contributed by atoms with van der Waals surface area (Å²) in [6.07, 6.45) is 4.58. The topological polar surface area (TPSA) is 81.2 Å². The Morgan fingerprint density at radius 3 is 2.54 bits per heavy atom. The van der Waals surface area contributed by atoms with Gasteiger partial charge in [-0.2, -0.15) is 0 Å². The number of hydrogen-bond donors (Lipinski definition) is 1. The molecule has 3 aliphatic rings. The quantitative estimate of drug-likeness (QED) is 0.288. The molecule has 3 aliphatic heterocycles. The molecule has 1 spiro atoms. The third kappa shape index (κ3) is 4.87. The number of thioether (sulfide) groups is 1. The van der Waals surface area contributed by atoms with Crippen molar-refractivity contribution >= 4 is 62.7 Å². The fraction of sp³-hybridized carbons (Fsp3) is 0.552. The normalized spacial score (nSPS) is 30.6. The lowest BCUT2D eigenvalue weighted by Gasteiger charge is -2.41. The second-order valence-electron chi connectivity index (χ2n) is 10.7. The van der Waals surface area contributed by atoms with Crippen LogP contribution < -0.4 is 4.90 Å². The van der Waals surface area contributed by atoms with Gasteiger partial charge in [-0.05, 0) is 24.5 Å². The van der Waals surface area contributed by atoms with Gasteiger partial charge in [-0.25, -0.2) is 0 Å². The number of amides is 3. The molecule has 3 fully saturated rings. The molecule has 3 saturated heterocycles. The third-order valence-corrected chi connectivity index (χ3v) is 12.1. The monoisotopic (exact) mass is 637 g/mol. The Hall–Kier alpha value is -1.81. The van der Waals surface area contributed by atoms with Gasteiger partial charge in [0.15, 0.2) is 0 Å². The number of aliphatic hydroxyl groups is 1. The summed E-state index contributed by atoms with van der Waals surface area (Å²) in [4.78, 5) is 47.7. The summed E-state index contributed by atoms with van der Waals surface area (Å²) in [5.41, 5.74) is 0.534. The van der Waals surface area contributed by atoms with Crippen LogP contribution >= 0.6 is 39.3 Å². The maximum absolute atomic E-state index is 14.7. The molecule has 7 nitrogen and oxygen atoms in total. The summed E-state index contributed by atoms with van der Waals surface area (Å²) in [6.45, 7) is 11.9. The SMILES string of the molecule is C=CCN(C)C(=O)[C@H]1[C@H]2C(=O)N([C@@H](CO)[C@@H](C)CC)C(C(=O)N(CC=C)c3ccccc3Cl)C23CC(Br)[C@@H]1S3. The summed E-state index contributed by atoms with van der Waals surface area (Å²) < 4.78 is -0.829. The Morgan fingerprint density at radius 1 is 1.28 bits per heavy atom. The van der Waals surface area contributed by atoms with Crippen LogP contribution in [0, 0.1) is 17.8 Å². The Labute approximate surface area is 248 Å². The molecule has 0 aliphatic carbocycles. The zero-order valence-corrected chi connectivity index (χ0v) is 25.8. The lowest BCUT2D eigenvalue weighted by atomic mass is 9.70. The standard InChI is InChI=1S/C29H37BrClN3O4S/c1-6-13-32(5)26(36)22-23-27(37)34(21(16-35)17(4)8-3)25(29(23)15-18(30)24(22)39-29)28(38)33(14-7-2)20-12-10-9-11-19(20)31/h6-7,9-12,17-18,21-25,35H,1-2,8,13-16H2,3-5H3/t17-,18?,21-,22-,23-,24-,25?,29?/m0/s1. The van der Waals surface area contributed by atoms with Crippen molar-refractivity contribution in [2.45, 2.75) is 53.6 Å². The summed E-state index contributed by atoms with van der Waals surface area (Å²) in [7, 11) is 1.72. The number of para-hydroxylation sites is 1. The van der Waals surface area contributed by atoms with Crippen molar-refractivity contribution in [3.63, 3.8) is 0 Å². The molecular formula is C29H37BrClN3O4S. The summed E-state index contributed by atoms with van der Waals surface area (Å²) in [5.74, 6) is -1.95. The number of anilines is 1. The predicted molar refractivity (Wildman–Crippen MR) is 161 cm³/mol. The molecule has 10 heteroatoms. The average molecular weight is 639 g/mol. The van der Waals surface area contributed by atoms with E-state index in [9.17, 15) is 19.5 Å². The second-order valence-corrected chi connectivity index (χ2v) is 13.9. The van der Waals surface area contributed by atoms with Crippen molar-refractivity contribution in [1.82, 2.24) is 9.80 Å². The molecule has 1 aromatic carbocycles. The molecule has 3 unspecified atom stereocenters. The summed E-state index contributed by atoms with van der Waals surface area (Å²) in [6, 6.07) is 5.67. The van der Waals surface area contributed by atoms with Gasteiger partial charge in [-0.3, -0.25) is 14.4 Å².